The summed E-state index contributed by atoms with van der Waals surface area (Å²) in [5.74, 6) is -0.01000. The normalized spacial score (nSPS) is 13.1. The summed E-state index contributed by atoms with van der Waals surface area (Å²) in [6.07, 6.45) is -1.07. The maximum Gasteiger partial charge on any atom is 0.329 e. The summed E-state index contributed by atoms with van der Waals surface area (Å²) >= 11 is 0. The van der Waals surface area contributed by atoms with Crippen LogP contribution < -0.4 is 17.0 Å². The Bertz CT molecular complexity index is 697. The van der Waals surface area contributed by atoms with Crippen molar-refractivity contribution < 1.29 is 10.2 Å². The number of nitrogens with zero attached hydrogens (tertiary/aromatic N) is 3. The molecule has 0 saturated carbocycles. The number of rotatable bonds is 3. The van der Waals surface area contributed by atoms with Crippen molar-refractivity contribution in [1.29, 1.82) is 0 Å². The Balaban J connectivity index is 2.75. The predicted octanol–water partition coefficient (Wildman–Crippen LogP) is -2.64. The molecule has 0 fully saturated rings. The van der Waals surface area contributed by atoms with E-state index in [-0.39, 0.29) is 23.7 Å². The number of aryl methyl sites for hydroxylation is 1. The number of aromatic amines is 1. The van der Waals surface area contributed by atoms with Gasteiger partial charge in [0.05, 0.1) is 19.3 Å². The van der Waals surface area contributed by atoms with Crippen molar-refractivity contribution in [3.63, 3.8) is 0 Å². The first-order valence-electron chi connectivity index (χ1n) is 5.19. The van der Waals surface area contributed by atoms with Gasteiger partial charge in [0, 0.05) is 7.05 Å². The standard InChI is InChI=1S/C9H13N5O4/c1-13-6-5(7(17)12-9(13)18)14(8(10)11-6)2-4(16)3-15/h4,15-16H,2-3H2,1H3,(H2,10,11)(H,12,17,18). The summed E-state index contributed by atoms with van der Waals surface area (Å²) in [6, 6.07) is 0. The third kappa shape index (κ3) is 1.79. The zero-order valence-corrected chi connectivity index (χ0v) is 9.62. The molecule has 18 heavy (non-hydrogen) atoms. The van der Waals surface area contributed by atoms with Crippen molar-refractivity contribution in [2.24, 2.45) is 7.05 Å². The molecule has 98 valence electrons. The van der Waals surface area contributed by atoms with Crippen molar-refractivity contribution in [2.75, 3.05) is 12.3 Å². The summed E-state index contributed by atoms with van der Waals surface area (Å²) in [4.78, 5) is 29.1. The number of hydrogen-bond donors (Lipinski definition) is 4. The van der Waals surface area contributed by atoms with Crippen molar-refractivity contribution in [3.05, 3.63) is 20.8 Å². The zero-order valence-electron chi connectivity index (χ0n) is 9.62. The van der Waals surface area contributed by atoms with E-state index < -0.39 is 24.0 Å². The Morgan fingerprint density at radius 1 is 1.50 bits per heavy atom. The minimum atomic E-state index is -1.07. The van der Waals surface area contributed by atoms with E-state index in [1.807, 2.05) is 0 Å². The van der Waals surface area contributed by atoms with Gasteiger partial charge < -0.3 is 20.5 Å². The Labute approximate surface area is 100 Å². The average Bonchev–Trinajstić information content (AvgIpc) is 2.64. The molecule has 1 unspecified atom stereocenters. The lowest BCUT2D eigenvalue weighted by Crippen LogP contribution is -2.30. The molecule has 2 rings (SSSR count). The highest BCUT2D eigenvalue weighted by Crippen LogP contribution is 2.12. The number of aliphatic hydroxyl groups excluding tert-OH is 2. The smallest absolute Gasteiger partial charge is 0.329 e. The average molecular weight is 255 g/mol. The fourth-order valence-corrected chi connectivity index (χ4v) is 1.70. The van der Waals surface area contributed by atoms with Gasteiger partial charge in [-0.3, -0.25) is 14.3 Å². The predicted molar refractivity (Wildman–Crippen MR) is 63.1 cm³/mol. The molecule has 9 heteroatoms. The van der Waals surface area contributed by atoms with Crippen molar-refractivity contribution in [1.82, 2.24) is 19.1 Å². The molecule has 0 aliphatic heterocycles. The third-order valence-corrected chi connectivity index (χ3v) is 2.64. The quantitative estimate of drug-likeness (QED) is 0.472. The van der Waals surface area contributed by atoms with Crippen LogP contribution in [0.1, 0.15) is 0 Å². The minimum absolute atomic E-state index is 0.01000. The van der Waals surface area contributed by atoms with E-state index in [0.29, 0.717) is 0 Å². The van der Waals surface area contributed by atoms with Gasteiger partial charge in [0.1, 0.15) is 0 Å². The van der Waals surface area contributed by atoms with Gasteiger partial charge in [-0.25, -0.2) is 4.79 Å². The van der Waals surface area contributed by atoms with Crippen LogP contribution in [0.5, 0.6) is 0 Å². The van der Waals surface area contributed by atoms with Crippen LogP contribution in [0.15, 0.2) is 9.59 Å². The summed E-state index contributed by atoms with van der Waals surface area (Å²) in [6.45, 7) is -0.553. The number of nitrogen functional groups attached to an aromatic ring is 1. The molecule has 0 aromatic carbocycles. The molecule has 5 N–H and O–H groups in total. The van der Waals surface area contributed by atoms with E-state index in [2.05, 4.69) is 9.97 Å². The van der Waals surface area contributed by atoms with Crippen LogP contribution in [-0.2, 0) is 13.6 Å². The molecule has 0 spiro atoms. The summed E-state index contributed by atoms with van der Waals surface area (Å²) in [5.41, 5.74) is 4.62. The lowest BCUT2D eigenvalue weighted by Gasteiger charge is -2.09. The molecule has 9 nitrogen and oxygen atoms in total. The van der Waals surface area contributed by atoms with E-state index in [1.165, 1.54) is 11.6 Å². The van der Waals surface area contributed by atoms with E-state index in [4.69, 9.17) is 10.8 Å². The van der Waals surface area contributed by atoms with Crippen LogP contribution in [0.25, 0.3) is 11.2 Å². The number of fused-ring (bicyclic) bond motifs is 1. The third-order valence-electron chi connectivity index (χ3n) is 2.64. The number of nitrogens with one attached hydrogen (secondary N) is 1. The Hall–Kier alpha value is -2.13. The first-order valence-corrected chi connectivity index (χ1v) is 5.19. The molecule has 0 aliphatic carbocycles. The fraction of sp³-hybridized carbons (Fsp3) is 0.444. The van der Waals surface area contributed by atoms with E-state index in [1.54, 1.807) is 0 Å². The van der Waals surface area contributed by atoms with E-state index in [9.17, 15) is 14.7 Å². The molecular weight excluding hydrogens is 242 g/mol. The Kier molecular flexibility index (Phi) is 2.93. The van der Waals surface area contributed by atoms with Gasteiger partial charge in [-0.2, -0.15) is 4.98 Å². The number of nitrogens with two attached hydrogens (primary N) is 1. The summed E-state index contributed by atoms with van der Waals surface area (Å²) in [7, 11) is 1.44. The molecule has 2 heterocycles. The van der Waals surface area contributed by atoms with Gasteiger partial charge in [-0.15, -0.1) is 0 Å². The van der Waals surface area contributed by atoms with Gasteiger partial charge in [-0.05, 0) is 0 Å². The number of H-pyrrole nitrogens is 1. The highest BCUT2D eigenvalue weighted by molar-refractivity contribution is 5.73. The molecule has 0 saturated heterocycles. The fourth-order valence-electron chi connectivity index (χ4n) is 1.70. The molecule has 1 atom stereocenters. The van der Waals surface area contributed by atoms with Crippen LogP contribution in [-0.4, -0.2) is 42.0 Å². The maximum absolute atomic E-state index is 11.7. The van der Waals surface area contributed by atoms with Gasteiger partial charge in [0.2, 0.25) is 5.95 Å². The maximum atomic E-state index is 11.7. The first kappa shape index (κ1) is 12.3. The van der Waals surface area contributed by atoms with Crippen LogP contribution in [0.3, 0.4) is 0 Å². The number of aromatic nitrogens is 4. The molecule has 0 radical (unpaired) electrons. The lowest BCUT2D eigenvalue weighted by atomic mass is 10.3. The van der Waals surface area contributed by atoms with Crippen LogP contribution in [0, 0.1) is 0 Å². The largest absolute Gasteiger partial charge is 0.394 e. The molecular formula is C9H13N5O4. The van der Waals surface area contributed by atoms with Crippen molar-refractivity contribution in [2.45, 2.75) is 12.6 Å². The van der Waals surface area contributed by atoms with Crippen molar-refractivity contribution in [3.8, 4) is 0 Å². The minimum Gasteiger partial charge on any atom is -0.394 e. The number of anilines is 1. The van der Waals surface area contributed by atoms with Gasteiger partial charge >= 0.3 is 5.69 Å². The van der Waals surface area contributed by atoms with Gasteiger partial charge in [-0.1, -0.05) is 0 Å². The number of aliphatic hydroxyl groups is 2. The second kappa shape index (κ2) is 4.27. The monoisotopic (exact) mass is 255 g/mol. The van der Waals surface area contributed by atoms with Gasteiger partial charge in [0.25, 0.3) is 5.56 Å². The molecule has 0 amide bonds. The van der Waals surface area contributed by atoms with Crippen molar-refractivity contribution >= 4 is 17.1 Å². The number of imidazole rings is 1. The Morgan fingerprint density at radius 3 is 2.78 bits per heavy atom. The van der Waals surface area contributed by atoms with Crippen LogP contribution in [0.2, 0.25) is 0 Å². The second-order valence-corrected chi connectivity index (χ2v) is 3.91. The number of hydrogen-bond acceptors (Lipinski definition) is 6. The SMILES string of the molecule is Cn1c(=O)[nH]c(=O)c2c1nc(N)n2CC(O)CO. The lowest BCUT2D eigenvalue weighted by molar-refractivity contribution is 0.0825. The molecule has 2 aromatic rings. The molecule has 2 aromatic heterocycles. The van der Waals surface area contributed by atoms with Crippen LogP contribution >= 0.6 is 0 Å². The highest BCUT2D eigenvalue weighted by Gasteiger charge is 2.17. The molecule has 0 bridgehead atoms. The molecule has 0 aliphatic rings. The summed E-state index contributed by atoms with van der Waals surface area (Å²) < 4.78 is 2.41. The van der Waals surface area contributed by atoms with E-state index in [0.717, 1.165) is 4.57 Å². The zero-order chi connectivity index (χ0) is 13.4. The Morgan fingerprint density at radius 2 is 2.17 bits per heavy atom. The van der Waals surface area contributed by atoms with Crippen LogP contribution in [0.4, 0.5) is 5.95 Å². The topological polar surface area (TPSA) is 139 Å². The summed E-state index contributed by atoms with van der Waals surface area (Å²) in [5, 5.41) is 18.2. The van der Waals surface area contributed by atoms with Gasteiger partial charge in [0.15, 0.2) is 11.2 Å². The second-order valence-electron chi connectivity index (χ2n) is 3.91. The van der Waals surface area contributed by atoms with E-state index >= 15 is 0 Å². The first-order chi connectivity index (χ1) is 8.45. The highest BCUT2D eigenvalue weighted by atomic mass is 16.3.